The van der Waals surface area contributed by atoms with Gasteiger partial charge < -0.3 is 10.0 Å². The molecule has 0 aromatic carbocycles. The first-order valence-corrected chi connectivity index (χ1v) is 7.34. The molecular formula is C14H24N2O2. The monoisotopic (exact) mass is 252 g/mol. The number of carboxylic acids is 1. The Labute approximate surface area is 109 Å². The highest BCUT2D eigenvalue weighted by Gasteiger charge is 2.42. The topological polar surface area (TPSA) is 43.8 Å². The van der Waals surface area contributed by atoms with E-state index in [1.165, 1.54) is 32.1 Å². The van der Waals surface area contributed by atoms with Crippen LogP contribution in [0.5, 0.6) is 0 Å². The van der Waals surface area contributed by atoms with Crippen LogP contribution in [0.2, 0.25) is 0 Å². The Kier molecular flexibility index (Phi) is 3.32. The predicted molar refractivity (Wildman–Crippen MR) is 69.6 cm³/mol. The number of rotatable bonds is 3. The lowest BCUT2D eigenvalue weighted by Gasteiger charge is -2.42. The molecule has 3 aliphatic rings. The van der Waals surface area contributed by atoms with Crippen LogP contribution in [-0.4, -0.2) is 58.6 Å². The summed E-state index contributed by atoms with van der Waals surface area (Å²) in [5.74, 6) is -0.636. The van der Waals surface area contributed by atoms with Crippen molar-refractivity contribution in [2.24, 2.45) is 0 Å². The fourth-order valence-electron chi connectivity index (χ4n) is 4.41. The molecule has 0 spiro atoms. The predicted octanol–water partition coefficient (Wildman–Crippen LogP) is 1.55. The molecule has 102 valence electrons. The van der Waals surface area contributed by atoms with E-state index in [1.807, 2.05) is 0 Å². The molecule has 3 fully saturated rings. The SMILES string of the molecule is CN1C2CCC1CC(N1CCCC1CC(=O)O)C2. The van der Waals surface area contributed by atoms with Gasteiger partial charge in [-0.2, -0.15) is 0 Å². The van der Waals surface area contributed by atoms with E-state index < -0.39 is 5.97 Å². The summed E-state index contributed by atoms with van der Waals surface area (Å²) < 4.78 is 0. The van der Waals surface area contributed by atoms with Gasteiger partial charge in [0.15, 0.2) is 0 Å². The first kappa shape index (κ1) is 12.4. The third-order valence-electron chi connectivity index (χ3n) is 5.38. The van der Waals surface area contributed by atoms with Gasteiger partial charge in [0.25, 0.3) is 0 Å². The fourth-order valence-corrected chi connectivity index (χ4v) is 4.41. The number of aliphatic carboxylic acids is 1. The van der Waals surface area contributed by atoms with Crippen LogP contribution in [0, 0.1) is 0 Å². The van der Waals surface area contributed by atoms with Crippen molar-refractivity contribution in [1.29, 1.82) is 0 Å². The minimum absolute atomic E-state index is 0.301. The number of likely N-dealkylation sites (tertiary alicyclic amines) is 1. The summed E-state index contributed by atoms with van der Waals surface area (Å²) in [4.78, 5) is 16.0. The van der Waals surface area contributed by atoms with Gasteiger partial charge in [-0.25, -0.2) is 0 Å². The van der Waals surface area contributed by atoms with E-state index in [2.05, 4.69) is 16.8 Å². The standard InChI is InChI=1S/C14H24N2O2/c1-15-10-4-5-11(15)8-13(7-10)16-6-2-3-12(16)9-14(17)18/h10-13H,2-9H2,1H3,(H,17,18). The summed E-state index contributed by atoms with van der Waals surface area (Å²) in [6.07, 6.45) is 7.78. The van der Waals surface area contributed by atoms with Crippen molar-refractivity contribution in [2.45, 2.75) is 69.1 Å². The number of hydrogen-bond acceptors (Lipinski definition) is 3. The second kappa shape index (κ2) is 4.82. The highest BCUT2D eigenvalue weighted by atomic mass is 16.4. The van der Waals surface area contributed by atoms with Gasteiger partial charge in [-0.15, -0.1) is 0 Å². The average molecular weight is 252 g/mol. The zero-order valence-electron chi connectivity index (χ0n) is 11.2. The van der Waals surface area contributed by atoms with Crippen molar-refractivity contribution in [1.82, 2.24) is 9.80 Å². The number of carbonyl (C=O) groups is 1. The van der Waals surface area contributed by atoms with Gasteiger partial charge in [0.1, 0.15) is 0 Å². The molecular weight excluding hydrogens is 228 g/mol. The minimum atomic E-state index is -0.636. The Morgan fingerprint density at radius 1 is 1.17 bits per heavy atom. The highest BCUT2D eigenvalue weighted by molar-refractivity contribution is 5.67. The van der Waals surface area contributed by atoms with Crippen molar-refractivity contribution in [3.63, 3.8) is 0 Å². The number of piperidine rings is 1. The van der Waals surface area contributed by atoms with Gasteiger partial charge in [0.2, 0.25) is 0 Å². The van der Waals surface area contributed by atoms with Crippen molar-refractivity contribution in [3.05, 3.63) is 0 Å². The summed E-state index contributed by atoms with van der Waals surface area (Å²) in [7, 11) is 2.26. The summed E-state index contributed by atoms with van der Waals surface area (Å²) in [6.45, 7) is 1.12. The molecule has 3 saturated heterocycles. The molecule has 3 heterocycles. The molecule has 3 rings (SSSR count). The first-order chi connectivity index (χ1) is 8.65. The van der Waals surface area contributed by atoms with E-state index in [1.54, 1.807) is 0 Å². The van der Waals surface area contributed by atoms with E-state index in [9.17, 15) is 4.79 Å². The van der Waals surface area contributed by atoms with E-state index in [0.717, 1.165) is 25.0 Å². The van der Waals surface area contributed by atoms with Crippen LogP contribution in [0.4, 0.5) is 0 Å². The normalized spacial score (nSPS) is 41.4. The molecule has 0 aromatic heterocycles. The zero-order chi connectivity index (χ0) is 12.7. The molecule has 0 saturated carbocycles. The molecule has 0 aliphatic carbocycles. The van der Waals surface area contributed by atoms with Crippen LogP contribution in [-0.2, 0) is 4.79 Å². The van der Waals surface area contributed by atoms with Gasteiger partial charge in [-0.05, 0) is 52.1 Å². The quantitative estimate of drug-likeness (QED) is 0.827. The van der Waals surface area contributed by atoms with Crippen LogP contribution < -0.4 is 0 Å². The Balaban J connectivity index is 1.66. The Bertz CT molecular complexity index is 320. The molecule has 18 heavy (non-hydrogen) atoms. The Morgan fingerprint density at radius 2 is 1.83 bits per heavy atom. The van der Waals surface area contributed by atoms with Crippen molar-refractivity contribution < 1.29 is 9.90 Å². The molecule has 4 nitrogen and oxygen atoms in total. The summed E-state index contributed by atoms with van der Waals surface area (Å²) in [6, 6.07) is 2.44. The molecule has 0 aromatic rings. The number of fused-ring (bicyclic) bond motifs is 2. The van der Waals surface area contributed by atoms with Crippen molar-refractivity contribution in [2.75, 3.05) is 13.6 Å². The summed E-state index contributed by atoms with van der Waals surface area (Å²) in [5, 5.41) is 9.01. The second-order valence-corrected chi connectivity index (χ2v) is 6.31. The van der Waals surface area contributed by atoms with Gasteiger partial charge in [0.05, 0.1) is 6.42 Å². The van der Waals surface area contributed by atoms with Crippen LogP contribution in [0.15, 0.2) is 0 Å². The van der Waals surface area contributed by atoms with Gasteiger partial charge >= 0.3 is 5.97 Å². The third kappa shape index (κ3) is 2.16. The Morgan fingerprint density at radius 3 is 2.44 bits per heavy atom. The molecule has 0 radical (unpaired) electrons. The number of carboxylic acid groups (broad SMARTS) is 1. The second-order valence-electron chi connectivity index (χ2n) is 6.31. The summed E-state index contributed by atoms with van der Waals surface area (Å²) >= 11 is 0. The lowest BCUT2D eigenvalue weighted by Crippen LogP contribution is -2.50. The lowest BCUT2D eigenvalue weighted by molar-refractivity contribution is -0.138. The largest absolute Gasteiger partial charge is 0.481 e. The molecule has 1 N–H and O–H groups in total. The number of nitrogens with zero attached hydrogens (tertiary/aromatic N) is 2. The highest BCUT2D eigenvalue weighted by Crippen LogP contribution is 2.38. The van der Waals surface area contributed by atoms with Crippen LogP contribution in [0.3, 0.4) is 0 Å². The molecule has 0 amide bonds. The average Bonchev–Trinajstić information content (AvgIpc) is 2.81. The third-order valence-corrected chi connectivity index (χ3v) is 5.38. The maximum absolute atomic E-state index is 10.9. The van der Waals surface area contributed by atoms with Gasteiger partial charge in [-0.3, -0.25) is 9.69 Å². The zero-order valence-corrected chi connectivity index (χ0v) is 11.2. The fraction of sp³-hybridized carbons (Fsp3) is 0.929. The van der Waals surface area contributed by atoms with Crippen molar-refractivity contribution in [3.8, 4) is 0 Å². The molecule has 4 heteroatoms. The first-order valence-electron chi connectivity index (χ1n) is 7.34. The number of hydrogen-bond donors (Lipinski definition) is 1. The smallest absolute Gasteiger partial charge is 0.304 e. The minimum Gasteiger partial charge on any atom is -0.481 e. The van der Waals surface area contributed by atoms with E-state index in [0.29, 0.717) is 18.5 Å². The van der Waals surface area contributed by atoms with Crippen LogP contribution in [0.25, 0.3) is 0 Å². The van der Waals surface area contributed by atoms with Gasteiger partial charge in [-0.1, -0.05) is 0 Å². The summed E-state index contributed by atoms with van der Waals surface area (Å²) in [5.41, 5.74) is 0. The van der Waals surface area contributed by atoms with E-state index >= 15 is 0 Å². The lowest BCUT2D eigenvalue weighted by atomic mass is 9.95. The van der Waals surface area contributed by atoms with E-state index in [-0.39, 0.29) is 0 Å². The van der Waals surface area contributed by atoms with Crippen LogP contribution in [0.1, 0.15) is 44.9 Å². The maximum Gasteiger partial charge on any atom is 0.304 e. The Hall–Kier alpha value is -0.610. The van der Waals surface area contributed by atoms with Crippen molar-refractivity contribution >= 4 is 5.97 Å². The molecule has 3 unspecified atom stereocenters. The maximum atomic E-state index is 10.9. The molecule has 3 aliphatic heterocycles. The van der Waals surface area contributed by atoms with E-state index in [4.69, 9.17) is 5.11 Å². The molecule has 3 atom stereocenters. The van der Waals surface area contributed by atoms with Crippen LogP contribution >= 0.6 is 0 Å². The molecule has 2 bridgehead atoms. The van der Waals surface area contributed by atoms with Gasteiger partial charge in [0, 0.05) is 24.2 Å².